The number of rotatable bonds is 6. The van der Waals surface area contributed by atoms with Gasteiger partial charge in [0.1, 0.15) is 0 Å². The minimum absolute atomic E-state index is 0.489. The lowest BCUT2D eigenvalue weighted by atomic mass is 10.0. The summed E-state index contributed by atoms with van der Waals surface area (Å²) < 4.78 is 0. The topological polar surface area (TPSA) is 39.1 Å². The van der Waals surface area contributed by atoms with Crippen LogP contribution in [0.3, 0.4) is 0 Å². The van der Waals surface area contributed by atoms with Crippen LogP contribution < -0.4 is 5.32 Å². The smallest absolute Gasteiger partial charge is 0.0635 e. The molecule has 13 heavy (non-hydrogen) atoms. The summed E-state index contributed by atoms with van der Waals surface area (Å²) in [5.74, 6) is 0.612. The molecule has 0 spiro atoms. The minimum Gasteiger partial charge on any atom is -0.311 e. The molecule has 1 atom stereocenters. The fraction of sp³-hybridized carbons (Fsp3) is 0.900. The molecule has 0 aliphatic rings. The van der Waals surface area contributed by atoms with Crippen molar-refractivity contribution in [2.24, 2.45) is 5.92 Å². The van der Waals surface area contributed by atoms with Gasteiger partial charge in [-0.15, -0.1) is 0 Å². The van der Waals surface area contributed by atoms with Crippen LogP contribution in [0.4, 0.5) is 0 Å². The van der Waals surface area contributed by atoms with E-state index in [2.05, 4.69) is 44.2 Å². The lowest BCUT2D eigenvalue weighted by Gasteiger charge is -2.25. The second kappa shape index (κ2) is 6.88. The van der Waals surface area contributed by atoms with E-state index in [9.17, 15) is 0 Å². The number of likely N-dealkylation sites (N-methyl/N-ethyl adjacent to an activating group) is 1. The summed E-state index contributed by atoms with van der Waals surface area (Å²) in [6, 6.07) is 2.63. The number of nitrogens with zero attached hydrogens (tertiary/aromatic N) is 2. The largest absolute Gasteiger partial charge is 0.311 e. The fourth-order valence-corrected chi connectivity index (χ4v) is 1.22. The Morgan fingerprint density at radius 2 is 2.00 bits per heavy atom. The molecule has 0 heterocycles. The van der Waals surface area contributed by atoms with E-state index in [0.29, 0.717) is 18.4 Å². The molecule has 1 N–H and O–H groups in total. The third-order valence-electron chi connectivity index (χ3n) is 2.01. The maximum Gasteiger partial charge on any atom is 0.0635 e. The van der Waals surface area contributed by atoms with Gasteiger partial charge < -0.3 is 10.2 Å². The van der Waals surface area contributed by atoms with Gasteiger partial charge in [0, 0.05) is 25.6 Å². The summed E-state index contributed by atoms with van der Waals surface area (Å²) in [5.41, 5.74) is 0. The van der Waals surface area contributed by atoms with Crippen LogP contribution in [0.25, 0.3) is 0 Å². The van der Waals surface area contributed by atoms with Crippen molar-refractivity contribution in [2.75, 3.05) is 27.2 Å². The first-order valence-corrected chi connectivity index (χ1v) is 4.83. The highest BCUT2D eigenvalue weighted by atomic mass is 15.1. The van der Waals surface area contributed by atoms with Crippen LogP contribution >= 0.6 is 0 Å². The summed E-state index contributed by atoms with van der Waals surface area (Å²) in [6.45, 7) is 6.23. The lowest BCUT2D eigenvalue weighted by Crippen LogP contribution is -2.42. The van der Waals surface area contributed by atoms with Crippen molar-refractivity contribution in [1.82, 2.24) is 10.2 Å². The number of nitrogens with one attached hydrogen (secondary N) is 1. The van der Waals surface area contributed by atoms with E-state index in [4.69, 9.17) is 5.26 Å². The van der Waals surface area contributed by atoms with E-state index in [1.54, 1.807) is 0 Å². The van der Waals surface area contributed by atoms with Crippen molar-refractivity contribution >= 4 is 0 Å². The van der Waals surface area contributed by atoms with Crippen molar-refractivity contribution in [1.29, 1.82) is 5.26 Å². The lowest BCUT2D eigenvalue weighted by molar-refractivity contribution is 0.291. The number of hydrogen-bond acceptors (Lipinski definition) is 3. The molecule has 0 bridgehead atoms. The molecule has 3 heteroatoms. The third kappa shape index (κ3) is 6.56. The van der Waals surface area contributed by atoms with Gasteiger partial charge in [-0.1, -0.05) is 13.8 Å². The van der Waals surface area contributed by atoms with Crippen molar-refractivity contribution in [2.45, 2.75) is 26.3 Å². The Hall–Kier alpha value is -0.590. The summed E-state index contributed by atoms with van der Waals surface area (Å²) in [4.78, 5) is 2.17. The van der Waals surface area contributed by atoms with E-state index in [0.717, 1.165) is 13.1 Å². The van der Waals surface area contributed by atoms with Crippen LogP contribution in [0, 0.1) is 17.2 Å². The number of nitriles is 1. The zero-order valence-electron chi connectivity index (χ0n) is 9.17. The molecule has 0 aromatic heterocycles. The standard InChI is InChI=1S/C10H21N3/c1-9(2)10(8-13(3)4)12-7-5-6-11/h9-10,12H,5,7-8H2,1-4H3. The first kappa shape index (κ1) is 12.4. The van der Waals surface area contributed by atoms with Crippen molar-refractivity contribution < 1.29 is 0 Å². The molecule has 0 radical (unpaired) electrons. The molecular formula is C10H21N3. The fourth-order valence-electron chi connectivity index (χ4n) is 1.22. The maximum absolute atomic E-state index is 8.40. The Morgan fingerprint density at radius 3 is 2.38 bits per heavy atom. The van der Waals surface area contributed by atoms with Crippen molar-refractivity contribution in [3.8, 4) is 6.07 Å². The summed E-state index contributed by atoms with van der Waals surface area (Å²) in [5, 5.41) is 11.8. The zero-order valence-corrected chi connectivity index (χ0v) is 9.17. The van der Waals surface area contributed by atoms with Gasteiger partial charge in [0.25, 0.3) is 0 Å². The first-order chi connectivity index (χ1) is 6.07. The quantitative estimate of drug-likeness (QED) is 0.626. The van der Waals surface area contributed by atoms with Gasteiger partial charge in [-0.3, -0.25) is 0 Å². The van der Waals surface area contributed by atoms with E-state index in [-0.39, 0.29) is 0 Å². The van der Waals surface area contributed by atoms with Gasteiger partial charge in [-0.25, -0.2) is 0 Å². The minimum atomic E-state index is 0.489. The molecular weight excluding hydrogens is 162 g/mol. The molecule has 0 aliphatic heterocycles. The molecule has 0 fully saturated rings. The predicted molar refractivity (Wildman–Crippen MR) is 55.4 cm³/mol. The Labute approximate surface area is 81.7 Å². The highest BCUT2D eigenvalue weighted by molar-refractivity contribution is 4.76. The maximum atomic E-state index is 8.40. The molecule has 0 amide bonds. The molecule has 0 aliphatic carbocycles. The van der Waals surface area contributed by atoms with E-state index in [1.165, 1.54) is 0 Å². The average Bonchev–Trinajstić information content (AvgIpc) is 2.02. The van der Waals surface area contributed by atoms with Gasteiger partial charge in [-0.05, 0) is 20.0 Å². The third-order valence-corrected chi connectivity index (χ3v) is 2.01. The Balaban J connectivity index is 3.75. The summed E-state index contributed by atoms with van der Waals surface area (Å²) in [6.07, 6.45) is 0.594. The Morgan fingerprint density at radius 1 is 1.38 bits per heavy atom. The molecule has 76 valence electrons. The van der Waals surface area contributed by atoms with Crippen molar-refractivity contribution in [3.63, 3.8) is 0 Å². The van der Waals surface area contributed by atoms with Crippen LogP contribution in [0.5, 0.6) is 0 Å². The monoisotopic (exact) mass is 183 g/mol. The van der Waals surface area contributed by atoms with Gasteiger partial charge in [0.2, 0.25) is 0 Å². The van der Waals surface area contributed by atoms with E-state index >= 15 is 0 Å². The van der Waals surface area contributed by atoms with Crippen LogP contribution in [0.15, 0.2) is 0 Å². The molecule has 0 aromatic rings. The molecule has 1 unspecified atom stereocenters. The van der Waals surface area contributed by atoms with E-state index < -0.39 is 0 Å². The normalized spacial score (nSPS) is 13.3. The van der Waals surface area contributed by atoms with Gasteiger partial charge in [0.05, 0.1) is 6.07 Å². The van der Waals surface area contributed by atoms with Crippen LogP contribution in [0.2, 0.25) is 0 Å². The van der Waals surface area contributed by atoms with Crippen LogP contribution in [-0.2, 0) is 0 Å². The summed E-state index contributed by atoms with van der Waals surface area (Å²) >= 11 is 0. The molecule has 3 nitrogen and oxygen atoms in total. The average molecular weight is 183 g/mol. The number of hydrogen-bond donors (Lipinski definition) is 1. The Bertz CT molecular complexity index is 158. The Kier molecular flexibility index (Phi) is 6.56. The molecule has 0 saturated heterocycles. The molecule has 0 aromatic carbocycles. The zero-order chi connectivity index (χ0) is 10.3. The van der Waals surface area contributed by atoms with Gasteiger partial charge in [0.15, 0.2) is 0 Å². The van der Waals surface area contributed by atoms with Gasteiger partial charge >= 0.3 is 0 Å². The first-order valence-electron chi connectivity index (χ1n) is 4.83. The molecule has 0 saturated carbocycles. The summed E-state index contributed by atoms with van der Waals surface area (Å²) in [7, 11) is 4.14. The SMILES string of the molecule is CC(C)C(CN(C)C)NCCC#N. The van der Waals surface area contributed by atoms with Crippen LogP contribution in [0.1, 0.15) is 20.3 Å². The molecule has 0 rings (SSSR count). The second-order valence-electron chi connectivity index (χ2n) is 3.97. The van der Waals surface area contributed by atoms with Gasteiger partial charge in [-0.2, -0.15) is 5.26 Å². The van der Waals surface area contributed by atoms with E-state index in [1.807, 2.05) is 0 Å². The second-order valence-corrected chi connectivity index (χ2v) is 3.97. The predicted octanol–water partition coefficient (Wildman–Crippen LogP) is 1.08. The van der Waals surface area contributed by atoms with Crippen LogP contribution in [-0.4, -0.2) is 38.1 Å². The highest BCUT2D eigenvalue weighted by Crippen LogP contribution is 2.02. The van der Waals surface area contributed by atoms with Crippen molar-refractivity contribution in [3.05, 3.63) is 0 Å². The highest BCUT2D eigenvalue weighted by Gasteiger charge is 2.12.